The summed E-state index contributed by atoms with van der Waals surface area (Å²) < 4.78 is 5.29. The topological polar surface area (TPSA) is 29.5 Å². The van der Waals surface area contributed by atoms with Crippen molar-refractivity contribution in [2.24, 2.45) is 5.41 Å². The highest BCUT2D eigenvalue weighted by molar-refractivity contribution is 5.58. The Morgan fingerprint density at radius 2 is 2.06 bits per heavy atom. The van der Waals surface area contributed by atoms with Crippen LogP contribution in [-0.2, 0) is 0 Å². The average Bonchev–Trinajstić information content (AvgIpc) is 2.27. The van der Waals surface area contributed by atoms with Gasteiger partial charge in [0.15, 0.2) is 0 Å². The van der Waals surface area contributed by atoms with Crippen molar-refractivity contribution < 1.29 is 9.84 Å². The largest absolute Gasteiger partial charge is 0.496 e. The summed E-state index contributed by atoms with van der Waals surface area (Å²) in [7, 11) is 1.67. The van der Waals surface area contributed by atoms with Crippen molar-refractivity contribution in [3.05, 3.63) is 35.4 Å². The van der Waals surface area contributed by atoms with E-state index in [0.29, 0.717) is 0 Å². The van der Waals surface area contributed by atoms with E-state index >= 15 is 0 Å². The molecule has 1 N–H and O–H groups in total. The molecule has 0 aliphatic rings. The molecule has 2 heteroatoms. The van der Waals surface area contributed by atoms with Crippen LogP contribution in [0.1, 0.15) is 25.0 Å². The minimum absolute atomic E-state index is 0.137. The summed E-state index contributed by atoms with van der Waals surface area (Å²) in [6.07, 6.45) is 4.01. The maximum atomic E-state index is 9.17. The standard InChI is InChI=1S/C14H20O2/c1-11-5-6-13(16-4)12(9-11)7-8-14(2,3)10-15/h5-9,15H,10H2,1-4H3/b8-7+. The molecule has 0 aliphatic heterocycles. The lowest BCUT2D eigenvalue weighted by Crippen LogP contribution is -2.12. The van der Waals surface area contributed by atoms with Gasteiger partial charge in [-0.05, 0) is 19.1 Å². The fraction of sp³-hybridized carbons (Fsp3) is 0.429. The van der Waals surface area contributed by atoms with Gasteiger partial charge in [-0.15, -0.1) is 0 Å². The summed E-state index contributed by atoms with van der Waals surface area (Å²) in [6.45, 7) is 6.17. The first-order chi connectivity index (χ1) is 7.48. The normalized spacial score (nSPS) is 12.1. The lowest BCUT2D eigenvalue weighted by Gasteiger charge is -2.16. The maximum absolute atomic E-state index is 9.17. The molecule has 0 heterocycles. The van der Waals surface area contributed by atoms with E-state index in [0.717, 1.165) is 11.3 Å². The van der Waals surface area contributed by atoms with E-state index in [-0.39, 0.29) is 12.0 Å². The van der Waals surface area contributed by atoms with Gasteiger partial charge in [-0.1, -0.05) is 37.6 Å². The second-order valence-corrected chi connectivity index (χ2v) is 4.73. The Bertz CT molecular complexity index is 378. The predicted octanol–water partition coefficient (Wildman–Crippen LogP) is 3.04. The molecule has 0 aliphatic carbocycles. The monoisotopic (exact) mass is 220 g/mol. The molecule has 1 aromatic rings. The molecule has 0 fully saturated rings. The second-order valence-electron chi connectivity index (χ2n) is 4.73. The molecule has 1 aromatic carbocycles. The van der Waals surface area contributed by atoms with Gasteiger partial charge in [0.2, 0.25) is 0 Å². The van der Waals surface area contributed by atoms with Crippen molar-refractivity contribution in [2.45, 2.75) is 20.8 Å². The van der Waals surface area contributed by atoms with Crippen LogP contribution in [0.4, 0.5) is 0 Å². The molecular weight excluding hydrogens is 200 g/mol. The molecule has 0 spiro atoms. The molecular formula is C14H20O2. The third-order valence-corrected chi connectivity index (χ3v) is 2.51. The number of rotatable bonds is 4. The van der Waals surface area contributed by atoms with Crippen LogP contribution >= 0.6 is 0 Å². The predicted molar refractivity (Wildman–Crippen MR) is 67.6 cm³/mol. The van der Waals surface area contributed by atoms with Gasteiger partial charge in [0, 0.05) is 11.0 Å². The minimum Gasteiger partial charge on any atom is -0.496 e. The van der Waals surface area contributed by atoms with Gasteiger partial charge >= 0.3 is 0 Å². The highest BCUT2D eigenvalue weighted by Gasteiger charge is 2.11. The van der Waals surface area contributed by atoms with E-state index in [1.165, 1.54) is 5.56 Å². The lowest BCUT2D eigenvalue weighted by atomic mass is 9.93. The molecule has 0 radical (unpaired) electrons. The number of aliphatic hydroxyl groups is 1. The quantitative estimate of drug-likeness (QED) is 0.845. The van der Waals surface area contributed by atoms with Gasteiger partial charge in [-0.3, -0.25) is 0 Å². The van der Waals surface area contributed by atoms with Crippen molar-refractivity contribution in [2.75, 3.05) is 13.7 Å². The number of methoxy groups -OCH3 is 1. The number of hydrogen-bond acceptors (Lipinski definition) is 2. The molecule has 0 atom stereocenters. The number of aryl methyl sites for hydroxylation is 1. The lowest BCUT2D eigenvalue weighted by molar-refractivity contribution is 0.200. The first-order valence-corrected chi connectivity index (χ1v) is 5.43. The average molecular weight is 220 g/mol. The summed E-state index contributed by atoms with van der Waals surface area (Å²) in [4.78, 5) is 0. The van der Waals surface area contributed by atoms with Gasteiger partial charge in [-0.25, -0.2) is 0 Å². The molecule has 88 valence electrons. The third-order valence-electron chi connectivity index (χ3n) is 2.51. The number of ether oxygens (including phenoxy) is 1. The van der Waals surface area contributed by atoms with E-state index in [2.05, 4.69) is 6.07 Å². The molecule has 0 amide bonds. The van der Waals surface area contributed by atoms with Crippen LogP contribution in [0.3, 0.4) is 0 Å². The first kappa shape index (κ1) is 12.8. The van der Waals surface area contributed by atoms with Crippen molar-refractivity contribution in [1.29, 1.82) is 0 Å². The number of benzene rings is 1. The Balaban J connectivity index is 3.00. The SMILES string of the molecule is COc1ccc(C)cc1/C=C/C(C)(C)CO. The Morgan fingerprint density at radius 1 is 1.38 bits per heavy atom. The van der Waals surface area contributed by atoms with Crippen molar-refractivity contribution in [3.63, 3.8) is 0 Å². The van der Waals surface area contributed by atoms with Crippen LogP contribution in [0.25, 0.3) is 6.08 Å². The number of aliphatic hydroxyl groups excluding tert-OH is 1. The fourth-order valence-electron chi connectivity index (χ4n) is 1.35. The first-order valence-electron chi connectivity index (χ1n) is 5.43. The third kappa shape index (κ3) is 3.38. The zero-order valence-electron chi connectivity index (χ0n) is 10.4. The Labute approximate surface area is 97.6 Å². The molecule has 0 saturated heterocycles. The van der Waals surface area contributed by atoms with Crippen LogP contribution in [0, 0.1) is 12.3 Å². The van der Waals surface area contributed by atoms with Crippen LogP contribution in [0.15, 0.2) is 24.3 Å². The van der Waals surface area contributed by atoms with E-state index in [4.69, 9.17) is 4.74 Å². The van der Waals surface area contributed by atoms with Gasteiger partial charge in [0.1, 0.15) is 5.75 Å². The van der Waals surface area contributed by atoms with Gasteiger partial charge in [-0.2, -0.15) is 0 Å². The fourth-order valence-corrected chi connectivity index (χ4v) is 1.35. The van der Waals surface area contributed by atoms with E-state index in [9.17, 15) is 5.11 Å². The minimum atomic E-state index is -0.200. The summed E-state index contributed by atoms with van der Waals surface area (Å²) >= 11 is 0. The van der Waals surface area contributed by atoms with Crippen molar-refractivity contribution in [1.82, 2.24) is 0 Å². The van der Waals surface area contributed by atoms with Crippen LogP contribution in [0.5, 0.6) is 5.75 Å². The van der Waals surface area contributed by atoms with Gasteiger partial charge < -0.3 is 9.84 Å². The molecule has 0 unspecified atom stereocenters. The smallest absolute Gasteiger partial charge is 0.126 e. The molecule has 1 rings (SSSR count). The highest BCUT2D eigenvalue weighted by Crippen LogP contribution is 2.24. The Morgan fingerprint density at radius 3 is 2.62 bits per heavy atom. The van der Waals surface area contributed by atoms with Gasteiger partial charge in [0.25, 0.3) is 0 Å². The van der Waals surface area contributed by atoms with Crippen LogP contribution in [0.2, 0.25) is 0 Å². The summed E-state index contributed by atoms with van der Waals surface area (Å²) in [5.41, 5.74) is 2.04. The van der Waals surface area contributed by atoms with Crippen molar-refractivity contribution in [3.8, 4) is 5.75 Å². The molecule has 0 saturated carbocycles. The zero-order valence-corrected chi connectivity index (χ0v) is 10.4. The summed E-state index contributed by atoms with van der Waals surface area (Å²) in [5.74, 6) is 0.857. The van der Waals surface area contributed by atoms with E-state index in [1.54, 1.807) is 7.11 Å². The molecule has 0 bridgehead atoms. The Kier molecular flexibility index (Phi) is 4.13. The number of hydrogen-bond donors (Lipinski definition) is 1. The molecule has 16 heavy (non-hydrogen) atoms. The van der Waals surface area contributed by atoms with Crippen molar-refractivity contribution >= 4 is 6.08 Å². The van der Waals surface area contributed by atoms with E-state index < -0.39 is 0 Å². The maximum Gasteiger partial charge on any atom is 0.126 e. The summed E-state index contributed by atoms with van der Waals surface area (Å²) in [6, 6.07) is 6.05. The summed E-state index contributed by atoms with van der Waals surface area (Å²) in [5, 5.41) is 9.17. The Hall–Kier alpha value is -1.28. The van der Waals surface area contributed by atoms with Gasteiger partial charge in [0.05, 0.1) is 13.7 Å². The van der Waals surface area contributed by atoms with Crippen LogP contribution < -0.4 is 4.74 Å². The van der Waals surface area contributed by atoms with E-state index in [1.807, 2.05) is 45.1 Å². The second kappa shape index (κ2) is 5.17. The highest BCUT2D eigenvalue weighted by atomic mass is 16.5. The molecule has 2 nitrogen and oxygen atoms in total. The zero-order chi connectivity index (χ0) is 12.2. The molecule has 0 aromatic heterocycles. The van der Waals surface area contributed by atoms with Crippen LogP contribution in [-0.4, -0.2) is 18.8 Å².